The third-order valence-electron chi connectivity index (χ3n) is 3.38. The molecular weight excluding hydrogens is 286 g/mol. The first-order chi connectivity index (χ1) is 9.74. The van der Waals surface area contributed by atoms with Crippen LogP contribution >= 0.6 is 12.4 Å². The molecule has 0 spiro atoms. The summed E-state index contributed by atoms with van der Waals surface area (Å²) in [5.41, 5.74) is 6.27. The summed E-state index contributed by atoms with van der Waals surface area (Å²) in [6.07, 6.45) is 9.61. The molecule has 0 radical (unpaired) electrons. The van der Waals surface area contributed by atoms with Gasteiger partial charge in [0.2, 0.25) is 0 Å². The standard InChI is InChI=1S/C16H21N3O.ClH/c17-16(20)19-15(18-14-9-5-2-6-10-14)12-11-13-7-3-1-4-8-13;/h1,3-4,7-8,11-12,14H,2,5-6,9-10H2,(H3,17,18,19,20);1H/b12-11+;. The first kappa shape index (κ1) is 17.2. The lowest BCUT2D eigenvalue weighted by Crippen LogP contribution is -2.35. The van der Waals surface area contributed by atoms with Gasteiger partial charge in [-0.2, -0.15) is 0 Å². The lowest BCUT2D eigenvalue weighted by molar-refractivity contribution is 0.253. The molecular formula is C16H22ClN3O. The van der Waals surface area contributed by atoms with Gasteiger partial charge in [-0.05, 0) is 24.5 Å². The van der Waals surface area contributed by atoms with Crippen LogP contribution in [0.1, 0.15) is 37.7 Å². The van der Waals surface area contributed by atoms with Crippen LogP contribution in [-0.2, 0) is 0 Å². The normalized spacial score (nSPS) is 16.5. The molecule has 5 heteroatoms. The van der Waals surface area contributed by atoms with Crippen LogP contribution in [0.4, 0.5) is 4.79 Å². The summed E-state index contributed by atoms with van der Waals surface area (Å²) in [6, 6.07) is 9.63. The SMILES string of the molecule is Cl.NC(=O)NC(/C=C/c1ccccc1)=NC1CCCCC1. The molecule has 114 valence electrons. The molecule has 0 aromatic heterocycles. The van der Waals surface area contributed by atoms with Crippen LogP contribution in [0.25, 0.3) is 6.08 Å². The minimum absolute atomic E-state index is 0. The number of nitrogens with two attached hydrogens (primary N) is 1. The summed E-state index contributed by atoms with van der Waals surface area (Å²) in [5.74, 6) is 0.549. The molecule has 1 aromatic rings. The number of hydrogen-bond donors (Lipinski definition) is 2. The maximum absolute atomic E-state index is 11.1. The summed E-state index contributed by atoms with van der Waals surface area (Å²) in [7, 11) is 0. The zero-order valence-electron chi connectivity index (χ0n) is 12.0. The summed E-state index contributed by atoms with van der Waals surface area (Å²) in [5, 5.41) is 2.60. The van der Waals surface area contributed by atoms with E-state index in [0.717, 1.165) is 18.4 Å². The molecule has 0 bridgehead atoms. The fraction of sp³-hybridized carbons (Fsp3) is 0.375. The number of rotatable bonds is 3. The molecule has 1 saturated carbocycles. The molecule has 3 N–H and O–H groups in total. The van der Waals surface area contributed by atoms with Gasteiger partial charge in [-0.15, -0.1) is 12.4 Å². The van der Waals surface area contributed by atoms with Crippen molar-refractivity contribution in [1.29, 1.82) is 0 Å². The predicted octanol–water partition coefficient (Wildman–Crippen LogP) is 3.52. The van der Waals surface area contributed by atoms with Crippen molar-refractivity contribution in [3.05, 3.63) is 42.0 Å². The van der Waals surface area contributed by atoms with E-state index in [-0.39, 0.29) is 12.4 Å². The Bertz CT molecular complexity index is 494. The van der Waals surface area contributed by atoms with Gasteiger partial charge in [-0.1, -0.05) is 55.7 Å². The van der Waals surface area contributed by atoms with E-state index in [1.54, 1.807) is 0 Å². The summed E-state index contributed by atoms with van der Waals surface area (Å²) < 4.78 is 0. The highest BCUT2D eigenvalue weighted by Gasteiger charge is 2.12. The lowest BCUT2D eigenvalue weighted by atomic mass is 9.96. The highest BCUT2D eigenvalue weighted by molar-refractivity contribution is 6.05. The van der Waals surface area contributed by atoms with Gasteiger partial charge in [-0.25, -0.2) is 4.79 Å². The molecule has 2 amide bonds. The summed E-state index contributed by atoms with van der Waals surface area (Å²) in [4.78, 5) is 15.7. The van der Waals surface area contributed by atoms with Crippen LogP contribution in [0.5, 0.6) is 0 Å². The van der Waals surface area contributed by atoms with E-state index in [2.05, 4.69) is 10.3 Å². The van der Waals surface area contributed by atoms with E-state index >= 15 is 0 Å². The number of carbonyl (C=O) groups is 1. The van der Waals surface area contributed by atoms with Gasteiger partial charge in [0, 0.05) is 0 Å². The van der Waals surface area contributed by atoms with Gasteiger partial charge in [-0.3, -0.25) is 10.3 Å². The number of amides is 2. The third-order valence-corrected chi connectivity index (χ3v) is 3.38. The number of carbonyl (C=O) groups excluding carboxylic acids is 1. The Balaban J connectivity index is 0.00000220. The smallest absolute Gasteiger partial charge is 0.317 e. The first-order valence-electron chi connectivity index (χ1n) is 7.11. The fourth-order valence-electron chi connectivity index (χ4n) is 2.39. The topological polar surface area (TPSA) is 67.5 Å². The second kappa shape index (κ2) is 9.19. The van der Waals surface area contributed by atoms with Crippen molar-refractivity contribution in [2.24, 2.45) is 10.7 Å². The zero-order valence-corrected chi connectivity index (χ0v) is 12.8. The molecule has 0 saturated heterocycles. The van der Waals surface area contributed by atoms with Crippen LogP contribution in [0.3, 0.4) is 0 Å². The van der Waals surface area contributed by atoms with E-state index in [0.29, 0.717) is 11.9 Å². The van der Waals surface area contributed by atoms with Gasteiger partial charge in [0.05, 0.1) is 6.04 Å². The Hall–Kier alpha value is -1.81. The number of nitrogens with one attached hydrogen (secondary N) is 1. The number of benzene rings is 1. The van der Waals surface area contributed by atoms with E-state index in [1.807, 2.05) is 42.5 Å². The van der Waals surface area contributed by atoms with E-state index < -0.39 is 6.03 Å². The minimum Gasteiger partial charge on any atom is -0.351 e. The van der Waals surface area contributed by atoms with Crippen LogP contribution in [0.15, 0.2) is 41.4 Å². The van der Waals surface area contributed by atoms with Crippen molar-refractivity contribution >= 4 is 30.3 Å². The Morgan fingerprint density at radius 3 is 2.48 bits per heavy atom. The largest absolute Gasteiger partial charge is 0.351 e. The zero-order chi connectivity index (χ0) is 14.2. The Morgan fingerprint density at radius 2 is 1.86 bits per heavy atom. The van der Waals surface area contributed by atoms with Crippen molar-refractivity contribution in [3.63, 3.8) is 0 Å². The maximum Gasteiger partial charge on any atom is 0.317 e. The summed E-state index contributed by atoms with van der Waals surface area (Å²) in [6.45, 7) is 0. The number of hydrogen-bond acceptors (Lipinski definition) is 2. The third kappa shape index (κ3) is 6.45. The number of halogens is 1. The van der Waals surface area contributed by atoms with Crippen molar-refractivity contribution in [3.8, 4) is 0 Å². The van der Waals surface area contributed by atoms with Crippen LogP contribution in [0.2, 0.25) is 0 Å². The summed E-state index contributed by atoms with van der Waals surface area (Å²) >= 11 is 0. The van der Waals surface area contributed by atoms with Gasteiger partial charge >= 0.3 is 6.03 Å². The van der Waals surface area contributed by atoms with Crippen LogP contribution < -0.4 is 11.1 Å². The van der Waals surface area contributed by atoms with Gasteiger partial charge < -0.3 is 5.73 Å². The van der Waals surface area contributed by atoms with Gasteiger partial charge in [0.1, 0.15) is 5.84 Å². The maximum atomic E-state index is 11.1. The van der Waals surface area contributed by atoms with E-state index in [1.165, 1.54) is 19.3 Å². The quantitative estimate of drug-likeness (QED) is 0.651. The fourth-order valence-corrected chi connectivity index (χ4v) is 2.39. The number of nitrogens with zero attached hydrogens (tertiary/aromatic N) is 1. The molecule has 1 aliphatic rings. The van der Waals surface area contributed by atoms with E-state index in [9.17, 15) is 4.79 Å². The highest BCUT2D eigenvalue weighted by Crippen LogP contribution is 2.20. The first-order valence-corrected chi connectivity index (χ1v) is 7.11. The van der Waals surface area contributed by atoms with Crippen molar-refractivity contribution in [1.82, 2.24) is 5.32 Å². The van der Waals surface area contributed by atoms with Gasteiger partial charge in [0.25, 0.3) is 0 Å². The number of aliphatic imine (C=N–C) groups is 1. The average Bonchev–Trinajstić information content (AvgIpc) is 2.46. The lowest BCUT2D eigenvalue weighted by Gasteiger charge is -2.18. The molecule has 1 fully saturated rings. The molecule has 1 aliphatic carbocycles. The van der Waals surface area contributed by atoms with Gasteiger partial charge in [0.15, 0.2) is 0 Å². The van der Waals surface area contributed by atoms with Crippen molar-refractivity contribution < 1.29 is 4.79 Å². The highest BCUT2D eigenvalue weighted by atomic mass is 35.5. The second-order valence-electron chi connectivity index (χ2n) is 5.04. The molecule has 0 heterocycles. The predicted molar refractivity (Wildman–Crippen MR) is 89.8 cm³/mol. The number of urea groups is 1. The molecule has 0 aliphatic heterocycles. The molecule has 0 unspecified atom stereocenters. The monoisotopic (exact) mass is 307 g/mol. The molecule has 4 nitrogen and oxygen atoms in total. The second-order valence-corrected chi connectivity index (χ2v) is 5.04. The van der Waals surface area contributed by atoms with Crippen molar-refractivity contribution in [2.45, 2.75) is 38.1 Å². The molecule has 2 rings (SSSR count). The Kier molecular flexibility index (Phi) is 7.54. The molecule has 21 heavy (non-hydrogen) atoms. The van der Waals surface area contributed by atoms with Crippen molar-refractivity contribution in [2.75, 3.05) is 0 Å². The average molecular weight is 308 g/mol. The Morgan fingerprint density at radius 1 is 1.19 bits per heavy atom. The van der Waals surface area contributed by atoms with Crippen LogP contribution in [-0.4, -0.2) is 17.9 Å². The molecule has 1 aromatic carbocycles. The number of amidine groups is 1. The minimum atomic E-state index is -0.572. The Labute approximate surface area is 131 Å². The number of primary amides is 1. The van der Waals surface area contributed by atoms with Crippen LogP contribution in [0, 0.1) is 0 Å². The molecule has 0 atom stereocenters. The van der Waals surface area contributed by atoms with E-state index in [4.69, 9.17) is 5.73 Å².